The second-order valence-corrected chi connectivity index (χ2v) is 5.12. The molecule has 1 aliphatic heterocycles. The van der Waals surface area contributed by atoms with E-state index >= 15 is 0 Å². The SMILES string of the molecule is CCCC1(CNC(=O)C2CCCN2)CC1. The average Bonchev–Trinajstić information content (AvgIpc) is 2.81. The summed E-state index contributed by atoms with van der Waals surface area (Å²) in [5, 5.41) is 6.34. The number of hydrogen-bond donors (Lipinski definition) is 2. The maximum Gasteiger partial charge on any atom is 0.237 e. The molecule has 2 fully saturated rings. The molecule has 0 aromatic heterocycles. The van der Waals surface area contributed by atoms with Gasteiger partial charge in [-0.25, -0.2) is 0 Å². The minimum atomic E-state index is 0.0856. The Morgan fingerprint density at radius 2 is 2.33 bits per heavy atom. The lowest BCUT2D eigenvalue weighted by atomic mass is 10.0. The van der Waals surface area contributed by atoms with E-state index < -0.39 is 0 Å². The van der Waals surface area contributed by atoms with E-state index in [9.17, 15) is 4.79 Å². The van der Waals surface area contributed by atoms with Crippen LogP contribution in [0.15, 0.2) is 0 Å². The van der Waals surface area contributed by atoms with Crippen molar-refractivity contribution in [3.8, 4) is 0 Å². The first-order chi connectivity index (χ1) is 7.26. The summed E-state index contributed by atoms with van der Waals surface area (Å²) in [4.78, 5) is 11.8. The lowest BCUT2D eigenvalue weighted by molar-refractivity contribution is -0.123. The largest absolute Gasteiger partial charge is 0.354 e. The van der Waals surface area contributed by atoms with Crippen molar-refractivity contribution >= 4 is 5.91 Å². The Labute approximate surface area is 92.0 Å². The zero-order valence-electron chi connectivity index (χ0n) is 9.64. The molecule has 2 aliphatic rings. The molecule has 15 heavy (non-hydrogen) atoms. The fourth-order valence-electron chi connectivity index (χ4n) is 2.53. The molecule has 2 rings (SSSR count). The van der Waals surface area contributed by atoms with Gasteiger partial charge in [0.2, 0.25) is 5.91 Å². The van der Waals surface area contributed by atoms with E-state index in [2.05, 4.69) is 17.6 Å². The van der Waals surface area contributed by atoms with Crippen LogP contribution in [0.3, 0.4) is 0 Å². The number of rotatable bonds is 5. The Morgan fingerprint density at radius 3 is 2.87 bits per heavy atom. The lowest BCUT2D eigenvalue weighted by Gasteiger charge is -2.17. The quantitative estimate of drug-likeness (QED) is 0.721. The fourth-order valence-corrected chi connectivity index (χ4v) is 2.53. The van der Waals surface area contributed by atoms with Crippen LogP contribution in [0.4, 0.5) is 0 Å². The summed E-state index contributed by atoms with van der Waals surface area (Å²) in [6.07, 6.45) is 7.26. The Hall–Kier alpha value is -0.570. The van der Waals surface area contributed by atoms with Crippen molar-refractivity contribution in [2.24, 2.45) is 5.41 Å². The van der Waals surface area contributed by atoms with Crippen molar-refractivity contribution in [1.29, 1.82) is 0 Å². The maximum atomic E-state index is 11.8. The van der Waals surface area contributed by atoms with E-state index in [1.807, 2.05) is 0 Å². The van der Waals surface area contributed by atoms with Crippen LogP contribution in [-0.4, -0.2) is 25.0 Å². The highest BCUT2D eigenvalue weighted by Gasteiger charge is 2.41. The molecule has 86 valence electrons. The summed E-state index contributed by atoms with van der Waals surface area (Å²) < 4.78 is 0. The number of carbonyl (C=O) groups excluding carboxylic acids is 1. The third-order valence-corrected chi connectivity index (χ3v) is 3.75. The van der Waals surface area contributed by atoms with Crippen LogP contribution in [0, 0.1) is 5.41 Å². The van der Waals surface area contributed by atoms with Crippen molar-refractivity contribution in [2.75, 3.05) is 13.1 Å². The van der Waals surface area contributed by atoms with Crippen LogP contribution in [0.1, 0.15) is 45.4 Å². The zero-order valence-corrected chi connectivity index (χ0v) is 9.64. The molecule has 1 saturated heterocycles. The van der Waals surface area contributed by atoms with Crippen molar-refractivity contribution in [1.82, 2.24) is 10.6 Å². The highest BCUT2D eigenvalue weighted by atomic mass is 16.2. The predicted octanol–water partition coefficient (Wildman–Crippen LogP) is 1.43. The van der Waals surface area contributed by atoms with Gasteiger partial charge < -0.3 is 10.6 Å². The van der Waals surface area contributed by atoms with Crippen LogP contribution in [0.25, 0.3) is 0 Å². The molecule has 1 heterocycles. The minimum absolute atomic E-state index is 0.0856. The predicted molar refractivity (Wildman–Crippen MR) is 60.6 cm³/mol. The van der Waals surface area contributed by atoms with E-state index in [4.69, 9.17) is 0 Å². The van der Waals surface area contributed by atoms with Crippen LogP contribution in [-0.2, 0) is 4.79 Å². The molecule has 1 saturated carbocycles. The van der Waals surface area contributed by atoms with Crippen molar-refractivity contribution in [2.45, 2.75) is 51.5 Å². The average molecular weight is 210 g/mol. The summed E-state index contributed by atoms with van der Waals surface area (Å²) in [6.45, 7) is 4.12. The molecule has 1 atom stereocenters. The summed E-state index contributed by atoms with van der Waals surface area (Å²) in [6, 6.07) is 0.0856. The van der Waals surface area contributed by atoms with Gasteiger partial charge in [-0.2, -0.15) is 0 Å². The van der Waals surface area contributed by atoms with Gasteiger partial charge in [0.15, 0.2) is 0 Å². The molecule has 3 nitrogen and oxygen atoms in total. The Kier molecular flexibility index (Phi) is 3.29. The summed E-state index contributed by atoms with van der Waals surface area (Å²) in [7, 11) is 0. The first-order valence-corrected chi connectivity index (χ1v) is 6.27. The van der Waals surface area contributed by atoms with Crippen LogP contribution < -0.4 is 10.6 Å². The van der Waals surface area contributed by atoms with E-state index in [1.165, 1.54) is 25.7 Å². The van der Waals surface area contributed by atoms with Gasteiger partial charge in [-0.1, -0.05) is 13.3 Å². The fraction of sp³-hybridized carbons (Fsp3) is 0.917. The summed E-state index contributed by atoms with van der Waals surface area (Å²) >= 11 is 0. The van der Waals surface area contributed by atoms with Gasteiger partial charge in [0.1, 0.15) is 0 Å². The molecular weight excluding hydrogens is 188 g/mol. The van der Waals surface area contributed by atoms with Crippen LogP contribution in [0.5, 0.6) is 0 Å². The molecule has 3 heteroatoms. The highest BCUT2D eigenvalue weighted by Crippen LogP contribution is 2.48. The third-order valence-electron chi connectivity index (χ3n) is 3.75. The van der Waals surface area contributed by atoms with Gasteiger partial charge in [-0.05, 0) is 44.1 Å². The number of carbonyl (C=O) groups is 1. The lowest BCUT2D eigenvalue weighted by Crippen LogP contribution is -2.42. The highest BCUT2D eigenvalue weighted by molar-refractivity contribution is 5.82. The molecule has 1 aliphatic carbocycles. The molecule has 1 amide bonds. The smallest absolute Gasteiger partial charge is 0.237 e. The van der Waals surface area contributed by atoms with Gasteiger partial charge in [-0.3, -0.25) is 4.79 Å². The van der Waals surface area contributed by atoms with Gasteiger partial charge >= 0.3 is 0 Å². The third kappa shape index (κ3) is 2.71. The molecule has 1 unspecified atom stereocenters. The van der Waals surface area contributed by atoms with Crippen molar-refractivity contribution < 1.29 is 4.79 Å². The molecule has 0 spiro atoms. The van der Waals surface area contributed by atoms with E-state index in [0.29, 0.717) is 5.41 Å². The Morgan fingerprint density at radius 1 is 1.53 bits per heavy atom. The Balaban J connectivity index is 1.70. The van der Waals surface area contributed by atoms with Crippen LogP contribution in [0.2, 0.25) is 0 Å². The second kappa shape index (κ2) is 4.52. The van der Waals surface area contributed by atoms with Gasteiger partial charge in [-0.15, -0.1) is 0 Å². The molecule has 0 radical (unpaired) electrons. The number of hydrogen-bond acceptors (Lipinski definition) is 2. The molecule has 0 aromatic carbocycles. The molecule has 2 N–H and O–H groups in total. The monoisotopic (exact) mass is 210 g/mol. The van der Waals surface area contributed by atoms with E-state index in [0.717, 1.165) is 25.9 Å². The van der Waals surface area contributed by atoms with Gasteiger partial charge in [0.25, 0.3) is 0 Å². The topological polar surface area (TPSA) is 41.1 Å². The molecule has 0 aromatic rings. The maximum absolute atomic E-state index is 11.8. The van der Waals surface area contributed by atoms with Crippen molar-refractivity contribution in [3.63, 3.8) is 0 Å². The first kappa shape index (κ1) is 10.9. The molecule has 0 bridgehead atoms. The second-order valence-electron chi connectivity index (χ2n) is 5.12. The van der Waals surface area contributed by atoms with Gasteiger partial charge in [0.05, 0.1) is 6.04 Å². The minimum Gasteiger partial charge on any atom is -0.354 e. The van der Waals surface area contributed by atoms with E-state index in [1.54, 1.807) is 0 Å². The van der Waals surface area contributed by atoms with Gasteiger partial charge in [0, 0.05) is 6.54 Å². The normalized spacial score (nSPS) is 27.7. The van der Waals surface area contributed by atoms with Crippen LogP contribution >= 0.6 is 0 Å². The van der Waals surface area contributed by atoms with Crippen molar-refractivity contribution in [3.05, 3.63) is 0 Å². The zero-order chi connectivity index (χ0) is 10.7. The molecular formula is C12H22N2O. The summed E-state index contributed by atoms with van der Waals surface area (Å²) in [5.41, 5.74) is 0.475. The Bertz CT molecular complexity index is 230. The first-order valence-electron chi connectivity index (χ1n) is 6.27. The summed E-state index contributed by atoms with van der Waals surface area (Å²) in [5.74, 6) is 0.217. The number of nitrogens with one attached hydrogen (secondary N) is 2. The van der Waals surface area contributed by atoms with E-state index in [-0.39, 0.29) is 11.9 Å². The number of amides is 1. The standard InChI is InChI=1S/C12H22N2O/c1-2-5-12(6-7-12)9-14-11(15)10-4-3-8-13-10/h10,13H,2-9H2,1H3,(H,14,15).